The van der Waals surface area contributed by atoms with Crippen molar-refractivity contribution in [2.75, 3.05) is 53.0 Å². The maximum absolute atomic E-state index is 12.8. The molecule has 35 heavy (non-hydrogen) atoms. The average molecular weight is 520 g/mol. The van der Waals surface area contributed by atoms with Gasteiger partial charge in [0.15, 0.2) is 0 Å². The third-order valence-electron chi connectivity index (χ3n) is 5.92. The number of hydrogen-bond acceptors (Lipinski definition) is 7. The van der Waals surface area contributed by atoms with E-state index in [0.717, 1.165) is 52.1 Å². The molecule has 0 aliphatic carbocycles. The van der Waals surface area contributed by atoms with E-state index in [1.165, 1.54) is 0 Å². The van der Waals surface area contributed by atoms with Crippen LogP contribution in [0.1, 0.15) is 19.3 Å². The van der Waals surface area contributed by atoms with Gasteiger partial charge >= 0.3 is 24.3 Å². The number of aliphatic carboxylic acids is 2. The van der Waals surface area contributed by atoms with Crippen LogP contribution in [-0.4, -0.2) is 120 Å². The molecule has 3 aliphatic heterocycles. The quantitative estimate of drug-likeness (QED) is 0.407. The number of carboxylic acid groups (broad SMARTS) is 2. The van der Waals surface area contributed by atoms with Crippen LogP contribution in [0, 0.1) is 11.3 Å². The molecule has 3 aliphatic rings. The Labute approximate surface area is 196 Å². The van der Waals surface area contributed by atoms with Gasteiger partial charge in [-0.25, -0.2) is 9.59 Å². The van der Waals surface area contributed by atoms with Crippen LogP contribution in [0.3, 0.4) is 0 Å². The Balaban J connectivity index is 0.000000362. The third-order valence-corrected chi connectivity index (χ3v) is 5.92. The summed E-state index contributed by atoms with van der Waals surface area (Å²) in [6, 6.07) is 2.65. The van der Waals surface area contributed by atoms with Crippen LogP contribution >= 0.6 is 0 Å². The van der Waals surface area contributed by atoms with Gasteiger partial charge < -0.3 is 19.8 Å². The largest absolute Gasteiger partial charge is 0.490 e. The van der Waals surface area contributed by atoms with Crippen molar-refractivity contribution in [3.05, 3.63) is 0 Å². The molecule has 3 heterocycles. The van der Waals surface area contributed by atoms with Gasteiger partial charge in [-0.1, -0.05) is 0 Å². The Morgan fingerprint density at radius 2 is 1.54 bits per heavy atom. The van der Waals surface area contributed by atoms with Crippen molar-refractivity contribution >= 4 is 17.8 Å². The second-order valence-electron chi connectivity index (χ2n) is 8.00. The molecule has 0 aromatic rings. The highest BCUT2D eigenvalue weighted by molar-refractivity contribution is 5.87. The first-order chi connectivity index (χ1) is 16.1. The number of carboxylic acids is 2. The zero-order valence-corrected chi connectivity index (χ0v) is 18.7. The number of likely N-dealkylation sites (tertiary alicyclic amines) is 1. The predicted molar refractivity (Wildman–Crippen MR) is 105 cm³/mol. The fourth-order valence-corrected chi connectivity index (χ4v) is 3.94. The first kappa shape index (κ1) is 30.4. The number of rotatable bonds is 2. The second kappa shape index (κ2) is 12.4. The van der Waals surface area contributed by atoms with Crippen LogP contribution in [0.25, 0.3) is 0 Å². The Kier molecular flexibility index (Phi) is 10.7. The van der Waals surface area contributed by atoms with Crippen LogP contribution in [0.15, 0.2) is 0 Å². The number of piperazine rings is 1. The zero-order chi connectivity index (χ0) is 27.0. The van der Waals surface area contributed by atoms with E-state index in [-0.39, 0.29) is 18.0 Å². The van der Waals surface area contributed by atoms with Gasteiger partial charge in [-0.2, -0.15) is 31.6 Å². The molecule has 1 atom stereocenters. The lowest BCUT2D eigenvalue weighted by atomic mass is 9.82. The Morgan fingerprint density at radius 3 is 1.91 bits per heavy atom. The summed E-state index contributed by atoms with van der Waals surface area (Å²) in [5.74, 6) is -5.36. The molecule has 1 amide bonds. The molecule has 2 N–H and O–H groups in total. The highest BCUT2D eigenvalue weighted by Gasteiger charge is 2.49. The van der Waals surface area contributed by atoms with Crippen molar-refractivity contribution < 1.29 is 55.7 Å². The normalized spacial score (nSPS) is 23.0. The maximum Gasteiger partial charge on any atom is 0.490 e. The summed E-state index contributed by atoms with van der Waals surface area (Å²) < 4.78 is 68.9. The van der Waals surface area contributed by atoms with Crippen molar-refractivity contribution in [1.29, 1.82) is 5.26 Å². The number of hydrogen-bond donors (Lipinski definition) is 2. The number of alkyl halides is 6. The minimum absolute atomic E-state index is 0.153. The zero-order valence-electron chi connectivity index (χ0n) is 18.7. The molecule has 3 fully saturated rings. The number of ether oxygens (including phenoxy) is 1. The van der Waals surface area contributed by atoms with Crippen molar-refractivity contribution in [2.24, 2.45) is 0 Å². The van der Waals surface area contributed by atoms with Gasteiger partial charge in [0, 0.05) is 38.8 Å². The summed E-state index contributed by atoms with van der Waals surface area (Å²) in [5, 5.41) is 23.1. The number of halogens is 6. The van der Waals surface area contributed by atoms with Gasteiger partial charge in [0.25, 0.3) is 0 Å². The van der Waals surface area contributed by atoms with Gasteiger partial charge in [-0.15, -0.1) is 0 Å². The first-order valence-electron chi connectivity index (χ1n) is 10.4. The standard InChI is InChI=1S/C15H24N4O2.2C2HF3O2/c1-17-9-10-19(8-5-16)14(20)15(17)3-6-18(7-4-15)13-2-11-21-12-13;2*3-2(4,5)1(6)7/h13H,2-4,6-12H2,1H3;2*(H,6,7). The van der Waals surface area contributed by atoms with Crippen molar-refractivity contribution in [3.63, 3.8) is 0 Å². The third kappa shape index (κ3) is 8.51. The monoisotopic (exact) mass is 520 g/mol. The van der Waals surface area contributed by atoms with Gasteiger partial charge in [-0.3, -0.25) is 14.6 Å². The Morgan fingerprint density at radius 1 is 1.06 bits per heavy atom. The fraction of sp³-hybridized carbons (Fsp3) is 0.789. The van der Waals surface area contributed by atoms with Gasteiger partial charge in [0.1, 0.15) is 12.1 Å². The molecule has 16 heteroatoms. The number of amides is 1. The summed E-state index contributed by atoms with van der Waals surface area (Å²) in [5.41, 5.74) is -0.384. The summed E-state index contributed by atoms with van der Waals surface area (Å²) in [4.78, 5) is 37.0. The number of likely N-dealkylation sites (N-methyl/N-ethyl adjacent to an activating group) is 1. The molecule has 0 aromatic carbocycles. The van der Waals surface area contributed by atoms with E-state index >= 15 is 0 Å². The molecule has 3 saturated heterocycles. The summed E-state index contributed by atoms with van der Waals surface area (Å²) >= 11 is 0. The van der Waals surface area contributed by atoms with E-state index in [4.69, 9.17) is 29.8 Å². The number of nitriles is 1. The topological polar surface area (TPSA) is 134 Å². The van der Waals surface area contributed by atoms with Gasteiger partial charge in [0.05, 0.1) is 12.7 Å². The molecule has 0 saturated carbocycles. The summed E-state index contributed by atoms with van der Waals surface area (Å²) in [6.07, 6.45) is -7.33. The predicted octanol–water partition coefficient (Wildman–Crippen LogP) is 1.17. The van der Waals surface area contributed by atoms with Crippen LogP contribution in [0.4, 0.5) is 26.3 Å². The Hall–Kier alpha value is -2.64. The van der Waals surface area contributed by atoms with E-state index in [0.29, 0.717) is 12.6 Å². The highest BCUT2D eigenvalue weighted by Crippen LogP contribution is 2.34. The number of carbonyl (C=O) groups excluding carboxylic acids is 1. The smallest absolute Gasteiger partial charge is 0.475 e. The molecule has 0 radical (unpaired) electrons. The highest BCUT2D eigenvalue weighted by atomic mass is 19.4. The number of piperidine rings is 1. The van der Waals surface area contributed by atoms with Crippen LogP contribution in [-0.2, 0) is 19.1 Å². The van der Waals surface area contributed by atoms with E-state index in [1.54, 1.807) is 4.90 Å². The van der Waals surface area contributed by atoms with Crippen molar-refractivity contribution in [2.45, 2.75) is 43.2 Å². The number of nitrogens with zero attached hydrogens (tertiary/aromatic N) is 4. The van der Waals surface area contributed by atoms with Gasteiger partial charge in [0.2, 0.25) is 5.91 Å². The van der Waals surface area contributed by atoms with Crippen molar-refractivity contribution in [1.82, 2.24) is 14.7 Å². The lowest BCUT2D eigenvalue weighted by Crippen LogP contribution is -2.68. The molecule has 1 spiro atoms. The van der Waals surface area contributed by atoms with E-state index in [1.807, 2.05) is 0 Å². The summed E-state index contributed by atoms with van der Waals surface area (Å²) in [6.45, 7) is 5.34. The number of carbonyl (C=O) groups is 3. The van der Waals surface area contributed by atoms with Crippen LogP contribution in [0.5, 0.6) is 0 Å². The second-order valence-corrected chi connectivity index (χ2v) is 8.00. The lowest BCUT2D eigenvalue weighted by Gasteiger charge is -2.51. The molecule has 0 bridgehead atoms. The molecule has 0 aromatic heterocycles. The Bertz CT molecular complexity index is 762. The fourth-order valence-electron chi connectivity index (χ4n) is 3.94. The minimum Gasteiger partial charge on any atom is -0.475 e. The molecule has 1 unspecified atom stereocenters. The maximum atomic E-state index is 12.8. The van der Waals surface area contributed by atoms with Crippen LogP contribution in [0.2, 0.25) is 0 Å². The SMILES string of the molecule is CN1CCN(CC#N)C(=O)C12CCN(C1CCOC1)CC2.O=C(O)C(F)(F)F.O=C(O)C(F)(F)F. The average Bonchev–Trinajstić information content (AvgIpc) is 3.29. The van der Waals surface area contributed by atoms with E-state index in [9.17, 15) is 31.1 Å². The molecular formula is C19H26F6N4O6. The molecule has 10 nitrogen and oxygen atoms in total. The van der Waals surface area contributed by atoms with E-state index < -0.39 is 24.3 Å². The first-order valence-corrected chi connectivity index (χ1v) is 10.4. The molecular weight excluding hydrogens is 494 g/mol. The van der Waals surface area contributed by atoms with E-state index in [2.05, 4.69) is 22.9 Å². The van der Waals surface area contributed by atoms with Crippen molar-refractivity contribution in [3.8, 4) is 6.07 Å². The van der Waals surface area contributed by atoms with Crippen LogP contribution < -0.4 is 0 Å². The molecule has 3 rings (SSSR count). The molecule has 200 valence electrons. The van der Waals surface area contributed by atoms with Gasteiger partial charge in [-0.05, 0) is 26.3 Å². The summed E-state index contributed by atoms with van der Waals surface area (Å²) in [7, 11) is 2.05. The minimum atomic E-state index is -5.08. The lowest BCUT2D eigenvalue weighted by molar-refractivity contribution is -0.193.